The predicted octanol–water partition coefficient (Wildman–Crippen LogP) is 5.54. The molecule has 1 N–H and O–H groups in total. The van der Waals surface area contributed by atoms with Gasteiger partial charge in [-0.3, -0.25) is 0 Å². The van der Waals surface area contributed by atoms with E-state index in [-0.39, 0.29) is 6.04 Å². The number of methoxy groups -OCH3 is 1. The second kappa shape index (κ2) is 7.01. The molecule has 3 rings (SSSR count). The highest BCUT2D eigenvalue weighted by atomic mass is 16.5. The Bertz CT molecular complexity index is 750. The van der Waals surface area contributed by atoms with Crippen LogP contribution >= 0.6 is 0 Å². The fourth-order valence-corrected chi connectivity index (χ4v) is 2.68. The molecule has 0 aliphatic carbocycles. The Morgan fingerprint density at radius 2 is 1.35 bits per heavy atom. The van der Waals surface area contributed by atoms with Gasteiger partial charge in [0.05, 0.1) is 12.8 Å². The molecule has 0 aromatic heterocycles. The standard InChI is InChI=1S/C21H21NO/c1-16(22-20-10-6-7-11-21(20)23-2)17-12-14-19(15-13-17)18-8-4-3-5-9-18/h3-16,22H,1-2H3. The number of hydrogen-bond donors (Lipinski definition) is 1. The molecule has 23 heavy (non-hydrogen) atoms. The minimum atomic E-state index is 0.205. The molecule has 0 aliphatic heterocycles. The SMILES string of the molecule is COc1ccccc1NC(C)c1ccc(-c2ccccc2)cc1. The molecule has 116 valence electrons. The van der Waals surface area contributed by atoms with Crippen molar-refractivity contribution in [1.82, 2.24) is 0 Å². The number of para-hydroxylation sites is 2. The lowest BCUT2D eigenvalue weighted by Gasteiger charge is -2.18. The molecular formula is C21H21NO. The summed E-state index contributed by atoms with van der Waals surface area (Å²) < 4.78 is 5.40. The first-order valence-electron chi connectivity index (χ1n) is 7.83. The van der Waals surface area contributed by atoms with Gasteiger partial charge in [-0.25, -0.2) is 0 Å². The molecule has 0 saturated carbocycles. The van der Waals surface area contributed by atoms with Crippen molar-refractivity contribution < 1.29 is 4.74 Å². The van der Waals surface area contributed by atoms with Gasteiger partial charge in [0.15, 0.2) is 0 Å². The van der Waals surface area contributed by atoms with E-state index in [2.05, 4.69) is 60.8 Å². The van der Waals surface area contributed by atoms with Crippen molar-refractivity contribution in [3.05, 3.63) is 84.4 Å². The summed E-state index contributed by atoms with van der Waals surface area (Å²) in [5.41, 5.74) is 4.73. The quantitative estimate of drug-likeness (QED) is 0.668. The molecule has 0 heterocycles. The van der Waals surface area contributed by atoms with Crippen LogP contribution in [0.4, 0.5) is 5.69 Å². The summed E-state index contributed by atoms with van der Waals surface area (Å²) >= 11 is 0. The molecule has 2 heteroatoms. The molecule has 1 unspecified atom stereocenters. The second-order valence-electron chi connectivity index (χ2n) is 5.55. The number of anilines is 1. The minimum Gasteiger partial charge on any atom is -0.495 e. The molecule has 0 amide bonds. The van der Waals surface area contributed by atoms with Crippen LogP contribution in [0.3, 0.4) is 0 Å². The van der Waals surface area contributed by atoms with Crippen LogP contribution in [0.5, 0.6) is 5.75 Å². The lowest BCUT2D eigenvalue weighted by atomic mass is 10.0. The van der Waals surface area contributed by atoms with Gasteiger partial charge in [-0.2, -0.15) is 0 Å². The Morgan fingerprint density at radius 1 is 0.739 bits per heavy atom. The molecular weight excluding hydrogens is 282 g/mol. The summed E-state index contributed by atoms with van der Waals surface area (Å²) in [5.74, 6) is 0.861. The van der Waals surface area contributed by atoms with Crippen LogP contribution in [0.1, 0.15) is 18.5 Å². The van der Waals surface area contributed by atoms with Crippen molar-refractivity contribution in [3.63, 3.8) is 0 Å². The molecule has 0 spiro atoms. The van der Waals surface area contributed by atoms with Crippen LogP contribution in [-0.4, -0.2) is 7.11 Å². The van der Waals surface area contributed by atoms with E-state index < -0.39 is 0 Å². The highest BCUT2D eigenvalue weighted by Gasteiger charge is 2.08. The van der Waals surface area contributed by atoms with E-state index in [0.717, 1.165) is 11.4 Å². The largest absolute Gasteiger partial charge is 0.495 e. The third-order valence-electron chi connectivity index (χ3n) is 4.00. The van der Waals surface area contributed by atoms with Gasteiger partial charge in [-0.1, -0.05) is 66.7 Å². The molecule has 1 atom stereocenters. The van der Waals surface area contributed by atoms with E-state index in [9.17, 15) is 0 Å². The highest BCUT2D eigenvalue weighted by Crippen LogP contribution is 2.28. The third-order valence-corrected chi connectivity index (χ3v) is 4.00. The van der Waals surface area contributed by atoms with E-state index >= 15 is 0 Å². The van der Waals surface area contributed by atoms with Crippen molar-refractivity contribution in [1.29, 1.82) is 0 Å². The monoisotopic (exact) mass is 303 g/mol. The van der Waals surface area contributed by atoms with E-state index in [1.165, 1.54) is 16.7 Å². The Labute approximate surface area is 137 Å². The Morgan fingerprint density at radius 3 is 2.04 bits per heavy atom. The van der Waals surface area contributed by atoms with Gasteiger partial charge in [0.1, 0.15) is 5.75 Å². The Hall–Kier alpha value is -2.74. The number of rotatable bonds is 5. The molecule has 3 aromatic rings. The number of hydrogen-bond acceptors (Lipinski definition) is 2. The molecule has 2 nitrogen and oxygen atoms in total. The summed E-state index contributed by atoms with van der Waals surface area (Å²) in [5, 5.41) is 3.51. The lowest BCUT2D eigenvalue weighted by Crippen LogP contribution is -2.07. The molecule has 0 aliphatic rings. The van der Waals surface area contributed by atoms with Gasteiger partial charge in [-0.05, 0) is 35.7 Å². The molecule has 0 radical (unpaired) electrons. The summed E-state index contributed by atoms with van der Waals surface area (Å²) in [4.78, 5) is 0. The van der Waals surface area contributed by atoms with Gasteiger partial charge >= 0.3 is 0 Å². The summed E-state index contributed by atoms with van der Waals surface area (Å²) in [7, 11) is 1.69. The zero-order valence-corrected chi connectivity index (χ0v) is 13.5. The van der Waals surface area contributed by atoms with Crippen LogP contribution in [0, 0.1) is 0 Å². The van der Waals surface area contributed by atoms with Crippen LogP contribution in [0.2, 0.25) is 0 Å². The van der Waals surface area contributed by atoms with E-state index in [0.29, 0.717) is 0 Å². The van der Waals surface area contributed by atoms with Crippen molar-refractivity contribution in [2.24, 2.45) is 0 Å². The Balaban J connectivity index is 1.77. The van der Waals surface area contributed by atoms with Crippen molar-refractivity contribution >= 4 is 5.69 Å². The maximum absolute atomic E-state index is 5.40. The van der Waals surface area contributed by atoms with Crippen LogP contribution in [-0.2, 0) is 0 Å². The van der Waals surface area contributed by atoms with Gasteiger partial charge < -0.3 is 10.1 Å². The minimum absolute atomic E-state index is 0.205. The maximum Gasteiger partial charge on any atom is 0.141 e. The first kappa shape index (κ1) is 15.2. The van der Waals surface area contributed by atoms with Gasteiger partial charge in [0.2, 0.25) is 0 Å². The van der Waals surface area contributed by atoms with Crippen LogP contribution < -0.4 is 10.1 Å². The van der Waals surface area contributed by atoms with Gasteiger partial charge in [0.25, 0.3) is 0 Å². The average molecular weight is 303 g/mol. The van der Waals surface area contributed by atoms with Crippen molar-refractivity contribution in [3.8, 4) is 16.9 Å². The van der Waals surface area contributed by atoms with E-state index in [1.54, 1.807) is 7.11 Å². The van der Waals surface area contributed by atoms with E-state index in [4.69, 9.17) is 4.74 Å². The molecule has 0 saturated heterocycles. The highest BCUT2D eigenvalue weighted by molar-refractivity contribution is 5.64. The van der Waals surface area contributed by atoms with Crippen LogP contribution in [0.15, 0.2) is 78.9 Å². The predicted molar refractivity (Wildman–Crippen MR) is 96.9 cm³/mol. The second-order valence-corrected chi connectivity index (χ2v) is 5.55. The summed E-state index contributed by atoms with van der Waals surface area (Å²) in [6, 6.07) is 27.3. The Kier molecular flexibility index (Phi) is 4.62. The smallest absolute Gasteiger partial charge is 0.141 e. The number of benzene rings is 3. The van der Waals surface area contributed by atoms with Crippen LogP contribution in [0.25, 0.3) is 11.1 Å². The normalized spacial score (nSPS) is 11.7. The first-order valence-corrected chi connectivity index (χ1v) is 7.83. The van der Waals surface area contributed by atoms with Crippen molar-refractivity contribution in [2.75, 3.05) is 12.4 Å². The average Bonchev–Trinajstić information content (AvgIpc) is 2.63. The fourth-order valence-electron chi connectivity index (χ4n) is 2.68. The lowest BCUT2D eigenvalue weighted by molar-refractivity contribution is 0.416. The van der Waals surface area contributed by atoms with Crippen molar-refractivity contribution in [2.45, 2.75) is 13.0 Å². The molecule has 0 fully saturated rings. The zero-order chi connectivity index (χ0) is 16.1. The first-order chi connectivity index (χ1) is 11.3. The zero-order valence-electron chi connectivity index (χ0n) is 13.5. The molecule has 0 bridgehead atoms. The third kappa shape index (κ3) is 3.54. The van der Waals surface area contributed by atoms with E-state index in [1.807, 2.05) is 30.3 Å². The fraction of sp³-hybridized carbons (Fsp3) is 0.143. The van der Waals surface area contributed by atoms with Gasteiger partial charge in [0, 0.05) is 6.04 Å². The number of nitrogens with one attached hydrogen (secondary N) is 1. The van der Waals surface area contributed by atoms with Gasteiger partial charge in [-0.15, -0.1) is 0 Å². The summed E-state index contributed by atoms with van der Waals surface area (Å²) in [6.07, 6.45) is 0. The number of ether oxygens (including phenoxy) is 1. The summed E-state index contributed by atoms with van der Waals surface area (Å²) in [6.45, 7) is 2.16. The topological polar surface area (TPSA) is 21.3 Å². The molecule has 3 aromatic carbocycles. The maximum atomic E-state index is 5.40.